The van der Waals surface area contributed by atoms with Crippen molar-refractivity contribution >= 4 is 0 Å². The Morgan fingerprint density at radius 3 is 1.18 bits per heavy atom. The minimum Gasteiger partial charge on any atom is -0.328 e. The zero-order valence-corrected chi connectivity index (χ0v) is 20.3. The second-order valence-corrected chi connectivity index (χ2v) is 9.82. The van der Waals surface area contributed by atoms with E-state index in [0.29, 0.717) is 0 Å². The van der Waals surface area contributed by atoms with Gasteiger partial charge in [-0.3, -0.25) is 0 Å². The molecule has 0 saturated heterocycles. The fourth-order valence-electron chi connectivity index (χ4n) is 4.21. The van der Waals surface area contributed by atoms with E-state index in [0.717, 1.165) is 0 Å². The largest absolute Gasteiger partial charge is 0.328 e. The highest BCUT2D eigenvalue weighted by atomic mass is 15.3. The molecule has 0 saturated carbocycles. The van der Waals surface area contributed by atoms with Gasteiger partial charge in [-0.1, -0.05) is 103 Å². The Bertz CT molecular complexity index is 307. The van der Waals surface area contributed by atoms with Gasteiger partial charge in [0, 0.05) is 0 Å². The average Bonchev–Trinajstić information content (AvgIpc) is 2.67. The van der Waals surface area contributed by atoms with Crippen molar-refractivity contribution in [1.29, 1.82) is 0 Å². The van der Waals surface area contributed by atoms with E-state index in [1.807, 2.05) is 0 Å². The van der Waals surface area contributed by atoms with Crippen molar-refractivity contribution < 1.29 is 4.48 Å². The van der Waals surface area contributed by atoms with E-state index in [1.54, 1.807) is 0 Å². The summed E-state index contributed by atoms with van der Waals surface area (Å²) in [6, 6.07) is 0. The first-order valence-corrected chi connectivity index (χ1v) is 13.1. The second-order valence-electron chi connectivity index (χ2n) is 9.82. The van der Waals surface area contributed by atoms with Crippen LogP contribution in [0.1, 0.15) is 135 Å². The Morgan fingerprint density at radius 1 is 0.500 bits per heavy atom. The van der Waals surface area contributed by atoms with Crippen LogP contribution in [0.3, 0.4) is 0 Å². The predicted molar refractivity (Wildman–Crippen MR) is 130 cm³/mol. The lowest BCUT2D eigenvalue weighted by atomic mass is 10.0. The van der Waals surface area contributed by atoms with Crippen LogP contribution in [0.4, 0.5) is 0 Å². The molecule has 0 heterocycles. The number of rotatable bonds is 23. The maximum absolute atomic E-state index is 3.80. The molecule has 0 rings (SSSR count). The van der Waals surface area contributed by atoms with Crippen molar-refractivity contribution in [2.75, 3.05) is 27.2 Å². The van der Waals surface area contributed by atoms with Crippen molar-refractivity contribution in [3.63, 3.8) is 0 Å². The van der Waals surface area contributed by atoms with Crippen molar-refractivity contribution in [2.45, 2.75) is 135 Å². The van der Waals surface area contributed by atoms with Crippen LogP contribution < -0.4 is 0 Å². The van der Waals surface area contributed by atoms with Crippen molar-refractivity contribution in [3.05, 3.63) is 12.7 Å². The van der Waals surface area contributed by atoms with E-state index in [4.69, 9.17) is 0 Å². The molecule has 28 heavy (non-hydrogen) atoms. The lowest BCUT2D eigenvalue weighted by molar-refractivity contribution is -0.890. The fraction of sp³-hybridized carbons (Fsp3) is 0.926. The molecule has 168 valence electrons. The predicted octanol–water partition coefficient (Wildman–Crippen LogP) is 9.07. The Labute approximate surface area is 180 Å². The van der Waals surface area contributed by atoms with Crippen LogP contribution in [0, 0.1) is 0 Å². The van der Waals surface area contributed by atoms with Gasteiger partial charge in [-0.25, -0.2) is 0 Å². The molecule has 0 spiro atoms. The van der Waals surface area contributed by atoms with Gasteiger partial charge in [0.2, 0.25) is 0 Å². The van der Waals surface area contributed by atoms with Crippen LogP contribution in [-0.4, -0.2) is 31.7 Å². The highest BCUT2D eigenvalue weighted by molar-refractivity contribution is 4.65. The highest BCUT2D eigenvalue weighted by Crippen LogP contribution is 2.14. The van der Waals surface area contributed by atoms with Gasteiger partial charge in [-0.05, 0) is 38.5 Å². The topological polar surface area (TPSA) is 0 Å². The van der Waals surface area contributed by atoms with Gasteiger partial charge >= 0.3 is 0 Å². The Kier molecular flexibility index (Phi) is 21.2. The number of hydrogen-bond acceptors (Lipinski definition) is 0. The van der Waals surface area contributed by atoms with Crippen molar-refractivity contribution in [2.24, 2.45) is 0 Å². The molecule has 1 heteroatoms. The molecule has 0 bridgehead atoms. The smallest absolute Gasteiger partial charge is 0.0782 e. The summed E-state index contributed by atoms with van der Waals surface area (Å²) >= 11 is 0. The van der Waals surface area contributed by atoms with Gasteiger partial charge in [-0.15, -0.1) is 6.58 Å². The molecule has 0 aliphatic carbocycles. The third-order valence-electron chi connectivity index (χ3n) is 6.29. The van der Waals surface area contributed by atoms with E-state index >= 15 is 0 Å². The summed E-state index contributed by atoms with van der Waals surface area (Å²) in [6.45, 7) is 8.84. The van der Waals surface area contributed by atoms with Gasteiger partial charge in [0.1, 0.15) is 0 Å². The van der Waals surface area contributed by atoms with Gasteiger partial charge in [0.05, 0.1) is 27.2 Å². The second kappa shape index (κ2) is 21.4. The third-order valence-corrected chi connectivity index (χ3v) is 6.29. The molecule has 0 aliphatic rings. The Balaban J connectivity index is 3.31. The number of nitrogens with zero attached hydrogens (tertiary/aromatic N) is 1. The third kappa shape index (κ3) is 22.0. The van der Waals surface area contributed by atoms with Crippen LogP contribution in [0.25, 0.3) is 0 Å². The number of unbranched alkanes of at least 4 members (excludes halogenated alkanes) is 18. The minimum absolute atomic E-state index is 1.20. The summed E-state index contributed by atoms with van der Waals surface area (Å²) in [5, 5.41) is 0. The van der Waals surface area contributed by atoms with Crippen LogP contribution in [0.2, 0.25) is 0 Å². The molecule has 0 aromatic heterocycles. The fourth-order valence-corrected chi connectivity index (χ4v) is 4.21. The van der Waals surface area contributed by atoms with E-state index in [2.05, 4.69) is 33.7 Å². The molecule has 0 amide bonds. The van der Waals surface area contributed by atoms with Crippen LogP contribution >= 0.6 is 0 Å². The SMILES string of the molecule is C=CCCCCCCCCC[N+](C)(C)CCCCCCCCCCCCCC. The van der Waals surface area contributed by atoms with E-state index < -0.39 is 0 Å². The molecule has 0 radical (unpaired) electrons. The first-order chi connectivity index (χ1) is 13.6. The van der Waals surface area contributed by atoms with Gasteiger partial charge in [-0.2, -0.15) is 0 Å². The first-order valence-electron chi connectivity index (χ1n) is 13.1. The maximum atomic E-state index is 3.80. The standard InChI is InChI=1S/C27H56N/c1-5-7-9-11-13-15-16-17-19-21-23-25-27-28(3,4)26-24-22-20-18-14-12-10-8-6-2/h6H,2,5,7-27H2,1,3-4H3/q+1. The summed E-state index contributed by atoms with van der Waals surface area (Å²) < 4.78 is 1.23. The molecule has 0 aromatic rings. The van der Waals surface area contributed by atoms with Crippen LogP contribution in [0.15, 0.2) is 12.7 Å². The lowest BCUT2D eigenvalue weighted by Gasteiger charge is -2.30. The molecule has 0 fully saturated rings. The van der Waals surface area contributed by atoms with Gasteiger partial charge in [0.25, 0.3) is 0 Å². The number of allylic oxidation sites excluding steroid dienone is 1. The molecule has 0 unspecified atom stereocenters. The quantitative estimate of drug-likeness (QED) is 0.0920. The van der Waals surface area contributed by atoms with Crippen molar-refractivity contribution in [1.82, 2.24) is 0 Å². The molecule has 1 nitrogen and oxygen atoms in total. The molecule has 0 N–H and O–H groups in total. The van der Waals surface area contributed by atoms with E-state index in [9.17, 15) is 0 Å². The minimum atomic E-state index is 1.20. The summed E-state index contributed by atoms with van der Waals surface area (Å²) in [5.74, 6) is 0. The Morgan fingerprint density at radius 2 is 0.821 bits per heavy atom. The summed E-state index contributed by atoms with van der Waals surface area (Å²) in [7, 11) is 4.88. The molecular formula is C27H56N+. The Hall–Kier alpha value is -0.300. The van der Waals surface area contributed by atoms with E-state index in [-0.39, 0.29) is 0 Å². The highest BCUT2D eigenvalue weighted by Gasteiger charge is 2.13. The monoisotopic (exact) mass is 394 g/mol. The molecule has 0 aliphatic heterocycles. The first kappa shape index (κ1) is 27.7. The number of quaternary nitrogens is 1. The van der Waals surface area contributed by atoms with Gasteiger partial charge < -0.3 is 4.48 Å². The maximum Gasteiger partial charge on any atom is 0.0782 e. The summed E-state index contributed by atoms with van der Waals surface area (Å²) in [6.07, 6.45) is 30.5. The number of hydrogen-bond donors (Lipinski definition) is 0. The van der Waals surface area contributed by atoms with Crippen LogP contribution in [-0.2, 0) is 0 Å². The molecule has 0 atom stereocenters. The average molecular weight is 395 g/mol. The zero-order chi connectivity index (χ0) is 20.8. The summed E-state index contributed by atoms with van der Waals surface area (Å²) in [5.41, 5.74) is 0. The molecular weight excluding hydrogens is 338 g/mol. The van der Waals surface area contributed by atoms with Gasteiger partial charge in [0.15, 0.2) is 0 Å². The summed E-state index contributed by atoms with van der Waals surface area (Å²) in [4.78, 5) is 0. The lowest BCUT2D eigenvalue weighted by Crippen LogP contribution is -2.41. The van der Waals surface area contributed by atoms with Crippen LogP contribution in [0.5, 0.6) is 0 Å². The molecule has 0 aromatic carbocycles. The van der Waals surface area contributed by atoms with E-state index in [1.165, 1.54) is 146 Å². The zero-order valence-electron chi connectivity index (χ0n) is 20.3. The van der Waals surface area contributed by atoms with Crippen molar-refractivity contribution in [3.8, 4) is 0 Å². The normalized spacial score (nSPS) is 11.8.